The molecule has 3 rings (SSSR count). The van der Waals surface area contributed by atoms with Crippen LogP contribution in [0.2, 0.25) is 0 Å². The van der Waals surface area contributed by atoms with E-state index in [0.29, 0.717) is 24.6 Å². The number of benzene rings is 1. The van der Waals surface area contributed by atoms with Gasteiger partial charge in [-0.1, -0.05) is 0 Å². The van der Waals surface area contributed by atoms with Crippen molar-refractivity contribution in [3.63, 3.8) is 0 Å². The second-order valence-electron chi connectivity index (χ2n) is 6.25. The smallest absolute Gasteiger partial charge is 0.296 e. The van der Waals surface area contributed by atoms with Crippen molar-refractivity contribution >= 4 is 28.4 Å². The van der Waals surface area contributed by atoms with Crippen molar-refractivity contribution < 1.29 is 9.53 Å². The minimum Gasteiger partial charge on any atom is -0.494 e. The monoisotopic (exact) mass is 368 g/mol. The van der Waals surface area contributed by atoms with E-state index >= 15 is 0 Å². The Morgan fingerprint density at radius 2 is 1.85 bits per heavy atom. The van der Waals surface area contributed by atoms with Crippen molar-refractivity contribution in [2.45, 2.75) is 13.8 Å². The first-order valence-electron chi connectivity index (χ1n) is 8.88. The SMILES string of the molecule is CCOc1ccc(N(CC)C(=O)c2nc(N(C)C)c3cnn(C)c3n2)cc1. The summed E-state index contributed by atoms with van der Waals surface area (Å²) in [5.74, 6) is 1.32. The van der Waals surface area contributed by atoms with E-state index in [0.717, 1.165) is 16.8 Å². The number of ether oxygens (including phenoxy) is 1. The molecule has 1 amide bonds. The van der Waals surface area contributed by atoms with Crippen molar-refractivity contribution in [3.05, 3.63) is 36.3 Å². The lowest BCUT2D eigenvalue weighted by atomic mass is 10.2. The normalized spacial score (nSPS) is 10.9. The van der Waals surface area contributed by atoms with E-state index in [2.05, 4.69) is 15.1 Å². The second kappa shape index (κ2) is 7.61. The zero-order chi connectivity index (χ0) is 19.6. The van der Waals surface area contributed by atoms with Gasteiger partial charge in [0.05, 0.1) is 18.2 Å². The summed E-state index contributed by atoms with van der Waals surface area (Å²) >= 11 is 0. The molecule has 0 unspecified atom stereocenters. The van der Waals surface area contributed by atoms with Crippen LogP contribution in [0.4, 0.5) is 11.5 Å². The molecule has 2 aromatic heterocycles. The van der Waals surface area contributed by atoms with Crippen molar-refractivity contribution in [2.24, 2.45) is 7.05 Å². The van der Waals surface area contributed by atoms with Gasteiger partial charge in [-0.3, -0.25) is 9.48 Å². The maximum Gasteiger partial charge on any atom is 0.296 e. The first-order chi connectivity index (χ1) is 13.0. The molecule has 1 aromatic carbocycles. The molecule has 3 aromatic rings. The topological polar surface area (TPSA) is 76.4 Å². The van der Waals surface area contributed by atoms with E-state index in [1.807, 2.05) is 57.1 Å². The number of carbonyl (C=O) groups is 1. The molecule has 0 saturated carbocycles. The van der Waals surface area contributed by atoms with Crippen molar-refractivity contribution in [1.29, 1.82) is 0 Å². The number of nitrogens with zero attached hydrogens (tertiary/aromatic N) is 6. The molecule has 0 fully saturated rings. The third kappa shape index (κ3) is 3.55. The molecule has 27 heavy (non-hydrogen) atoms. The number of hydrogen-bond acceptors (Lipinski definition) is 6. The van der Waals surface area contributed by atoms with Crippen LogP contribution in [-0.2, 0) is 7.05 Å². The standard InChI is InChI=1S/C19H24N6O2/c1-6-25(13-8-10-14(11-9-13)27-7-2)19(26)16-21-17(23(3)4)15-12-20-24(5)18(15)22-16/h8-12H,6-7H2,1-5H3. The summed E-state index contributed by atoms with van der Waals surface area (Å²) in [5.41, 5.74) is 1.39. The van der Waals surface area contributed by atoms with Crippen LogP contribution in [0.5, 0.6) is 5.75 Å². The van der Waals surface area contributed by atoms with Crippen LogP contribution >= 0.6 is 0 Å². The molecule has 0 saturated heterocycles. The Bertz CT molecular complexity index is 949. The fourth-order valence-electron chi connectivity index (χ4n) is 2.90. The van der Waals surface area contributed by atoms with Crippen LogP contribution < -0.4 is 14.5 Å². The summed E-state index contributed by atoms with van der Waals surface area (Å²) in [6, 6.07) is 7.43. The lowest BCUT2D eigenvalue weighted by Crippen LogP contribution is -2.32. The molecule has 0 aliphatic heterocycles. The van der Waals surface area contributed by atoms with Gasteiger partial charge < -0.3 is 14.5 Å². The first-order valence-corrected chi connectivity index (χ1v) is 8.88. The highest BCUT2D eigenvalue weighted by molar-refractivity contribution is 6.05. The number of aryl methyl sites for hydroxylation is 1. The lowest BCUT2D eigenvalue weighted by molar-refractivity contribution is 0.0978. The van der Waals surface area contributed by atoms with E-state index < -0.39 is 0 Å². The van der Waals surface area contributed by atoms with E-state index in [-0.39, 0.29) is 11.7 Å². The van der Waals surface area contributed by atoms with Gasteiger partial charge in [0.1, 0.15) is 11.6 Å². The Morgan fingerprint density at radius 3 is 2.44 bits per heavy atom. The predicted molar refractivity (Wildman–Crippen MR) is 106 cm³/mol. The summed E-state index contributed by atoms with van der Waals surface area (Å²) in [5, 5.41) is 5.05. The molecule has 0 aliphatic carbocycles. The zero-order valence-electron chi connectivity index (χ0n) is 16.3. The zero-order valence-corrected chi connectivity index (χ0v) is 16.3. The number of aromatic nitrogens is 4. The summed E-state index contributed by atoms with van der Waals surface area (Å²) < 4.78 is 7.12. The van der Waals surface area contributed by atoms with Crippen molar-refractivity contribution in [3.8, 4) is 5.75 Å². The van der Waals surface area contributed by atoms with Gasteiger partial charge in [-0.25, -0.2) is 9.97 Å². The Labute approximate surface area is 158 Å². The first kappa shape index (κ1) is 18.6. The van der Waals surface area contributed by atoms with E-state index in [1.54, 1.807) is 22.8 Å². The Morgan fingerprint density at radius 1 is 1.15 bits per heavy atom. The third-order valence-corrected chi connectivity index (χ3v) is 4.21. The van der Waals surface area contributed by atoms with Gasteiger partial charge in [-0.2, -0.15) is 5.10 Å². The van der Waals surface area contributed by atoms with Crippen LogP contribution in [0, 0.1) is 0 Å². The minimum atomic E-state index is -0.257. The third-order valence-electron chi connectivity index (χ3n) is 4.21. The highest BCUT2D eigenvalue weighted by atomic mass is 16.5. The van der Waals surface area contributed by atoms with Crippen LogP contribution in [0.1, 0.15) is 24.5 Å². The quantitative estimate of drug-likeness (QED) is 0.665. The van der Waals surface area contributed by atoms with Crippen LogP contribution in [0.3, 0.4) is 0 Å². The molecule has 0 aliphatic rings. The average molecular weight is 368 g/mol. The number of hydrogen-bond donors (Lipinski definition) is 0. The van der Waals surface area contributed by atoms with E-state index in [4.69, 9.17) is 4.74 Å². The van der Waals surface area contributed by atoms with Gasteiger partial charge in [-0.05, 0) is 38.1 Å². The molecule has 8 heteroatoms. The Hall–Kier alpha value is -3.16. The van der Waals surface area contributed by atoms with Gasteiger partial charge in [0.2, 0.25) is 5.82 Å². The minimum absolute atomic E-state index is 0.144. The molecule has 0 N–H and O–H groups in total. The molecule has 0 radical (unpaired) electrons. The number of carbonyl (C=O) groups excluding carboxylic acids is 1. The number of rotatable bonds is 6. The molecule has 0 atom stereocenters. The summed E-state index contributed by atoms with van der Waals surface area (Å²) in [7, 11) is 5.56. The molecule has 8 nitrogen and oxygen atoms in total. The second-order valence-corrected chi connectivity index (χ2v) is 6.25. The number of anilines is 2. The van der Waals surface area contributed by atoms with Gasteiger partial charge >= 0.3 is 0 Å². The van der Waals surface area contributed by atoms with Gasteiger partial charge in [0, 0.05) is 33.4 Å². The largest absolute Gasteiger partial charge is 0.494 e. The Balaban J connectivity index is 2.01. The fourth-order valence-corrected chi connectivity index (χ4v) is 2.90. The van der Waals surface area contributed by atoms with Crippen LogP contribution in [0.15, 0.2) is 30.5 Å². The van der Waals surface area contributed by atoms with Crippen LogP contribution in [-0.4, -0.2) is 52.9 Å². The van der Waals surface area contributed by atoms with Gasteiger partial charge in [0.25, 0.3) is 5.91 Å². The van der Waals surface area contributed by atoms with Gasteiger partial charge in [0.15, 0.2) is 5.65 Å². The predicted octanol–water partition coefficient (Wildman–Crippen LogP) is 2.49. The fraction of sp³-hybridized carbons (Fsp3) is 0.368. The lowest BCUT2D eigenvalue weighted by Gasteiger charge is -2.21. The molecule has 2 heterocycles. The molecule has 0 spiro atoms. The average Bonchev–Trinajstić information content (AvgIpc) is 3.04. The number of amides is 1. The Kier molecular flexibility index (Phi) is 5.25. The van der Waals surface area contributed by atoms with Gasteiger partial charge in [-0.15, -0.1) is 0 Å². The summed E-state index contributed by atoms with van der Waals surface area (Å²) in [6.07, 6.45) is 1.71. The molecule has 0 bridgehead atoms. The maximum absolute atomic E-state index is 13.2. The van der Waals surface area contributed by atoms with Crippen molar-refractivity contribution in [1.82, 2.24) is 19.7 Å². The molecular weight excluding hydrogens is 344 g/mol. The maximum atomic E-state index is 13.2. The highest BCUT2D eigenvalue weighted by Gasteiger charge is 2.22. The molecular formula is C19H24N6O2. The summed E-state index contributed by atoms with van der Waals surface area (Å²) in [6.45, 7) is 4.95. The van der Waals surface area contributed by atoms with E-state index in [1.165, 1.54) is 0 Å². The number of fused-ring (bicyclic) bond motifs is 1. The van der Waals surface area contributed by atoms with Crippen LogP contribution in [0.25, 0.3) is 11.0 Å². The summed E-state index contributed by atoms with van der Waals surface area (Å²) in [4.78, 5) is 25.6. The van der Waals surface area contributed by atoms with E-state index in [9.17, 15) is 4.79 Å². The molecule has 142 valence electrons. The highest BCUT2D eigenvalue weighted by Crippen LogP contribution is 2.24. The van der Waals surface area contributed by atoms with Crippen molar-refractivity contribution in [2.75, 3.05) is 37.0 Å².